The molecule has 5 nitrogen and oxygen atoms in total. The fourth-order valence-electron chi connectivity index (χ4n) is 4.27. The van der Waals surface area contributed by atoms with Gasteiger partial charge < -0.3 is 4.90 Å². The minimum Gasteiger partial charge on any atom is -0.306 e. The van der Waals surface area contributed by atoms with E-state index in [0.29, 0.717) is 12.0 Å². The van der Waals surface area contributed by atoms with E-state index in [1.165, 1.54) is 12.3 Å². The molecule has 3 aromatic heterocycles. The van der Waals surface area contributed by atoms with Crippen LogP contribution < -0.4 is 0 Å². The summed E-state index contributed by atoms with van der Waals surface area (Å²) in [6, 6.07) is 5.48. The van der Waals surface area contributed by atoms with Crippen LogP contribution in [-0.2, 0) is 6.42 Å². The summed E-state index contributed by atoms with van der Waals surface area (Å²) < 4.78 is 15.4. The molecule has 0 spiro atoms. The molecule has 0 amide bonds. The van der Waals surface area contributed by atoms with Crippen LogP contribution in [0.5, 0.6) is 0 Å². The van der Waals surface area contributed by atoms with Crippen LogP contribution in [0.3, 0.4) is 0 Å². The van der Waals surface area contributed by atoms with Crippen molar-refractivity contribution in [3.05, 3.63) is 71.1 Å². The maximum absolute atomic E-state index is 13.7. The van der Waals surface area contributed by atoms with Gasteiger partial charge in [-0.3, -0.25) is 9.78 Å². The minimum absolute atomic E-state index is 0.0533. The van der Waals surface area contributed by atoms with Crippen molar-refractivity contribution in [2.75, 3.05) is 20.1 Å². The van der Waals surface area contributed by atoms with Gasteiger partial charge in [0.05, 0.1) is 29.2 Å². The lowest BCUT2D eigenvalue weighted by atomic mass is 9.89. The molecule has 0 saturated carbocycles. The van der Waals surface area contributed by atoms with Crippen molar-refractivity contribution in [2.24, 2.45) is 5.92 Å². The van der Waals surface area contributed by atoms with E-state index >= 15 is 0 Å². The Bertz CT molecular complexity index is 1110. The Balaban J connectivity index is 1.52. The van der Waals surface area contributed by atoms with E-state index in [0.717, 1.165) is 53.8 Å². The molecule has 6 heteroatoms. The SMILES string of the molecule is CN1CCC(C(=O)c2cnn3ccc(C4=CCc5ncc(F)cc54)cc23)CC1. The predicted octanol–water partition coefficient (Wildman–Crippen LogP) is 3.38. The molecule has 0 unspecified atom stereocenters. The number of aromatic nitrogens is 3. The highest BCUT2D eigenvalue weighted by Crippen LogP contribution is 2.33. The van der Waals surface area contributed by atoms with Gasteiger partial charge in [-0.05, 0) is 62.3 Å². The monoisotopic (exact) mass is 376 g/mol. The maximum atomic E-state index is 13.7. The molecule has 4 heterocycles. The van der Waals surface area contributed by atoms with Gasteiger partial charge in [-0.15, -0.1) is 0 Å². The van der Waals surface area contributed by atoms with E-state index in [-0.39, 0.29) is 17.5 Å². The van der Waals surface area contributed by atoms with Crippen molar-refractivity contribution in [1.29, 1.82) is 0 Å². The van der Waals surface area contributed by atoms with Crippen molar-refractivity contribution < 1.29 is 9.18 Å². The van der Waals surface area contributed by atoms with Crippen LogP contribution in [0.4, 0.5) is 4.39 Å². The van der Waals surface area contributed by atoms with Crippen molar-refractivity contribution >= 4 is 16.9 Å². The zero-order valence-electron chi connectivity index (χ0n) is 15.7. The van der Waals surface area contributed by atoms with Gasteiger partial charge in [0.1, 0.15) is 5.82 Å². The van der Waals surface area contributed by atoms with E-state index in [2.05, 4.69) is 28.1 Å². The number of carbonyl (C=O) groups is 1. The molecule has 5 rings (SSSR count). The molecule has 142 valence electrons. The topological polar surface area (TPSA) is 50.5 Å². The third kappa shape index (κ3) is 2.85. The third-order valence-electron chi connectivity index (χ3n) is 5.91. The Labute approximate surface area is 162 Å². The van der Waals surface area contributed by atoms with Gasteiger partial charge in [0, 0.05) is 24.1 Å². The molecular formula is C22H21FN4O. The average molecular weight is 376 g/mol. The number of hydrogen-bond donors (Lipinski definition) is 0. The summed E-state index contributed by atoms with van der Waals surface area (Å²) in [5.41, 5.74) is 5.10. The third-order valence-corrected chi connectivity index (χ3v) is 5.91. The van der Waals surface area contributed by atoms with Gasteiger partial charge in [-0.2, -0.15) is 5.10 Å². The van der Waals surface area contributed by atoms with Gasteiger partial charge in [0.2, 0.25) is 0 Å². The van der Waals surface area contributed by atoms with Crippen molar-refractivity contribution in [3.8, 4) is 0 Å². The smallest absolute Gasteiger partial charge is 0.169 e. The normalized spacial score (nSPS) is 17.7. The van der Waals surface area contributed by atoms with Gasteiger partial charge >= 0.3 is 0 Å². The molecule has 0 bridgehead atoms. The van der Waals surface area contributed by atoms with Crippen LogP contribution in [0, 0.1) is 11.7 Å². The number of hydrogen-bond acceptors (Lipinski definition) is 4. The second kappa shape index (κ2) is 6.63. The number of rotatable bonds is 3. The molecule has 1 saturated heterocycles. The summed E-state index contributed by atoms with van der Waals surface area (Å²) in [6.45, 7) is 1.90. The summed E-state index contributed by atoms with van der Waals surface area (Å²) in [5.74, 6) is -0.110. The number of allylic oxidation sites excluding steroid dienone is 1. The number of pyridine rings is 2. The van der Waals surface area contributed by atoms with E-state index in [9.17, 15) is 9.18 Å². The number of ketones is 1. The average Bonchev–Trinajstić information content (AvgIpc) is 3.31. The number of fused-ring (bicyclic) bond motifs is 2. The molecular weight excluding hydrogens is 355 g/mol. The Morgan fingerprint density at radius 1 is 1.21 bits per heavy atom. The molecule has 0 aromatic carbocycles. The van der Waals surface area contributed by atoms with Crippen molar-refractivity contribution in [1.82, 2.24) is 19.5 Å². The lowest BCUT2D eigenvalue weighted by molar-refractivity contribution is 0.0858. The van der Waals surface area contributed by atoms with Gasteiger partial charge in [0.15, 0.2) is 5.78 Å². The largest absolute Gasteiger partial charge is 0.306 e. The van der Waals surface area contributed by atoms with Crippen LogP contribution in [0.15, 0.2) is 42.9 Å². The first-order valence-corrected chi connectivity index (χ1v) is 9.65. The van der Waals surface area contributed by atoms with Crippen LogP contribution in [0.1, 0.15) is 40.0 Å². The highest BCUT2D eigenvalue weighted by atomic mass is 19.1. The molecule has 2 aliphatic rings. The second-order valence-corrected chi connectivity index (χ2v) is 7.71. The fraction of sp³-hybridized carbons (Fsp3) is 0.318. The van der Waals surface area contributed by atoms with Crippen LogP contribution >= 0.6 is 0 Å². The number of carbonyl (C=O) groups excluding carboxylic acids is 1. The molecule has 0 radical (unpaired) electrons. The van der Waals surface area contributed by atoms with E-state index in [1.807, 2.05) is 18.3 Å². The van der Waals surface area contributed by atoms with E-state index in [1.54, 1.807) is 10.7 Å². The Kier molecular flexibility index (Phi) is 4.09. The number of halogens is 1. The number of nitrogens with zero attached hydrogens (tertiary/aromatic N) is 4. The highest BCUT2D eigenvalue weighted by Gasteiger charge is 2.27. The summed E-state index contributed by atoms with van der Waals surface area (Å²) >= 11 is 0. The van der Waals surface area contributed by atoms with E-state index < -0.39 is 0 Å². The summed E-state index contributed by atoms with van der Waals surface area (Å²) in [4.78, 5) is 19.6. The summed E-state index contributed by atoms with van der Waals surface area (Å²) in [5, 5.41) is 4.37. The predicted molar refractivity (Wildman–Crippen MR) is 105 cm³/mol. The van der Waals surface area contributed by atoms with Crippen LogP contribution in [0.25, 0.3) is 11.1 Å². The Morgan fingerprint density at radius 2 is 2.04 bits per heavy atom. The lowest BCUT2D eigenvalue weighted by Gasteiger charge is -2.27. The van der Waals surface area contributed by atoms with Crippen LogP contribution in [0.2, 0.25) is 0 Å². The fourth-order valence-corrected chi connectivity index (χ4v) is 4.27. The first kappa shape index (κ1) is 17.3. The minimum atomic E-state index is -0.338. The zero-order valence-corrected chi connectivity index (χ0v) is 15.7. The standard InChI is InChI=1S/C22H21FN4O/c1-26-7-4-14(5-8-26)22(28)19-13-25-27-9-6-15(10-21(19)27)17-2-3-20-18(17)11-16(23)12-24-20/h2,6,9-14H,3-5,7-8H2,1H3. The van der Waals surface area contributed by atoms with Crippen LogP contribution in [-0.4, -0.2) is 45.4 Å². The van der Waals surface area contributed by atoms with Crippen molar-refractivity contribution in [3.63, 3.8) is 0 Å². The molecule has 28 heavy (non-hydrogen) atoms. The van der Waals surface area contributed by atoms with Gasteiger partial charge in [0.25, 0.3) is 0 Å². The molecule has 1 fully saturated rings. The van der Waals surface area contributed by atoms with Crippen molar-refractivity contribution in [2.45, 2.75) is 19.3 Å². The first-order valence-electron chi connectivity index (χ1n) is 9.65. The number of likely N-dealkylation sites (tertiary alicyclic amines) is 1. The molecule has 1 aliphatic heterocycles. The summed E-state index contributed by atoms with van der Waals surface area (Å²) in [7, 11) is 2.09. The van der Waals surface area contributed by atoms with Gasteiger partial charge in [-0.25, -0.2) is 8.91 Å². The second-order valence-electron chi connectivity index (χ2n) is 7.71. The molecule has 3 aromatic rings. The maximum Gasteiger partial charge on any atom is 0.169 e. The van der Waals surface area contributed by atoms with E-state index in [4.69, 9.17) is 0 Å². The van der Waals surface area contributed by atoms with Gasteiger partial charge in [-0.1, -0.05) is 6.08 Å². The molecule has 1 aliphatic carbocycles. The Hall–Kier alpha value is -2.86. The number of Topliss-reactive ketones (excluding diaryl/α,β-unsaturated/α-hetero) is 1. The molecule has 0 N–H and O–H groups in total. The lowest BCUT2D eigenvalue weighted by Crippen LogP contribution is -2.33. The first-order chi connectivity index (χ1) is 13.6. The summed E-state index contributed by atoms with van der Waals surface area (Å²) in [6.07, 6.45) is 9.33. The highest BCUT2D eigenvalue weighted by molar-refractivity contribution is 6.04. The number of piperidine rings is 1. The quantitative estimate of drug-likeness (QED) is 0.658. The zero-order chi connectivity index (χ0) is 19.3. The Morgan fingerprint density at radius 3 is 2.86 bits per heavy atom. The molecule has 0 atom stereocenters.